The number of amides is 3. The van der Waals surface area contributed by atoms with E-state index in [2.05, 4.69) is 16.0 Å². The molecule has 0 unspecified atom stereocenters. The Hall–Kier alpha value is -2.67. The number of rotatable bonds is 6. The Kier molecular flexibility index (Phi) is 4.90. The predicted octanol–water partition coefficient (Wildman–Crippen LogP) is 2.01. The lowest BCUT2D eigenvalue weighted by Gasteiger charge is -2.11. The van der Waals surface area contributed by atoms with Crippen LogP contribution < -0.4 is 16.0 Å². The van der Waals surface area contributed by atoms with Crippen LogP contribution in [-0.2, 0) is 4.79 Å². The van der Waals surface area contributed by atoms with Crippen LogP contribution in [0, 0.1) is 0 Å². The van der Waals surface area contributed by atoms with Crippen LogP contribution in [0.15, 0.2) is 41.8 Å². The minimum Gasteiger partial charge on any atom is -0.352 e. The molecule has 6 nitrogen and oxygen atoms in total. The van der Waals surface area contributed by atoms with Gasteiger partial charge in [0.15, 0.2) is 0 Å². The van der Waals surface area contributed by atoms with Crippen molar-refractivity contribution in [3.8, 4) is 0 Å². The van der Waals surface area contributed by atoms with Crippen LogP contribution in [0.1, 0.15) is 32.9 Å². The molecule has 1 aliphatic rings. The minimum absolute atomic E-state index is 0.0808. The molecule has 0 atom stereocenters. The van der Waals surface area contributed by atoms with Gasteiger partial charge >= 0.3 is 0 Å². The van der Waals surface area contributed by atoms with Gasteiger partial charge in [-0.2, -0.15) is 0 Å². The van der Waals surface area contributed by atoms with Crippen molar-refractivity contribution < 1.29 is 14.4 Å². The smallest absolute Gasteiger partial charge is 0.265 e. The molecule has 0 aliphatic heterocycles. The van der Waals surface area contributed by atoms with Crippen molar-refractivity contribution in [1.82, 2.24) is 10.6 Å². The Bertz CT molecular complexity index is 754. The van der Waals surface area contributed by atoms with Crippen LogP contribution in [-0.4, -0.2) is 30.3 Å². The van der Waals surface area contributed by atoms with Gasteiger partial charge in [-0.3, -0.25) is 14.4 Å². The second kappa shape index (κ2) is 7.27. The van der Waals surface area contributed by atoms with Crippen molar-refractivity contribution in [1.29, 1.82) is 0 Å². The third kappa shape index (κ3) is 4.20. The zero-order valence-corrected chi connectivity index (χ0v) is 13.7. The number of hydrogen-bond acceptors (Lipinski definition) is 4. The molecular formula is C17H17N3O3S. The molecule has 24 heavy (non-hydrogen) atoms. The number of benzene rings is 1. The van der Waals surface area contributed by atoms with E-state index in [1.54, 1.807) is 36.4 Å². The zero-order valence-electron chi connectivity index (χ0n) is 12.9. The third-order valence-electron chi connectivity index (χ3n) is 3.52. The van der Waals surface area contributed by atoms with Crippen molar-refractivity contribution in [2.24, 2.45) is 0 Å². The van der Waals surface area contributed by atoms with Gasteiger partial charge < -0.3 is 16.0 Å². The Morgan fingerprint density at radius 1 is 1.04 bits per heavy atom. The molecule has 1 aliphatic carbocycles. The molecule has 1 heterocycles. The summed E-state index contributed by atoms with van der Waals surface area (Å²) in [5.74, 6) is -0.870. The molecule has 0 bridgehead atoms. The summed E-state index contributed by atoms with van der Waals surface area (Å²) in [6, 6.07) is 10.5. The Labute approximate surface area is 143 Å². The summed E-state index contributed by atoms with van der Waals surface area (Å²) in [6.07, 6.45) is 1.99. The maximum Gasteiger partial charge on any atom is 0.265 e. The number of anilines is 1. The van der Waals surface area contributed by atoms with Gasteiger partial charge in [0.2, 0.25) is 5.91 Å². The Morgan fingerprint density at radius 3 is 2.54 bits per heavy atom. The van der Waals surface area contributed by atoms with Crippen LogP contribution in [0.25, 0.3) is 0 Å². The van der Waals surface area contributed by atoms with E-state index in [1.807, 2.05) is 5.38 Å². The first-order chi connectivity index (χ1) is 11.6. The van der Waals surface area contributed by atoms with Gasteiger partial charge in [-0.1, -0.05) is 18.2 Å². The maximum atomic E-state index is 12.3. The average Bonchev–Trinajstić information content (AvgIpc) is 3.21. The van der Waals surface area contributed by atoms with Gasteiger partial charge in [0.1, 0.15) is 0 Å². The van der Waals surface area contributed by atoms with E-state index in [1.165, 1.54) is 11.3 Å². The van der Waals surface area contributed by atoms with Crippen LogP contribution in [0.2, 0.25) is 0 Å². The monoisotopic (exact) mass is 343 g/mol. The lowest BCUT2D eigenvalue weighted by Crippen LogP contribution is -2.38. The van der Waals surface area contributed by atoms with Crippen LogP contribution in [0.5, 0.6) is 0 Å². The van der Waals surface area contributed by atoms with E-state index in [0.29, 0.717) is 16.1 Å². The summed E-state index contributed by atoms with van der Waals surface area (Å²) >= 11 is 1.32. The highest BCUT2D eigenvalue weighted by molar-refractivity contribution is 7.12. The number of carbonyl (C=O) groups is 3. The number of carbonyl (C=O) groups excluding carboxylic acids is 3. The Morgan fingerprint density at radius 2 is 1.83 bits per heavy atom. The molecule has 1 saturated carbocycles. The SMILES string of the molecule is O=C(CNC(=O)c1ccccc1NC(=O)c1cccs1)NC1CC1. The number of para-hydroxylation sites is 1. The fraction of sp³-hybridized carbons (Fsp3) is 0.235. The van der Waals surface area contributed by atoms with Crippen molar-refractivity contribution >= 4 is 34.7 Å². The van der Waals surface area contributed by atoms with Crippen LogP contribution >= 0.6 is 11.3 Å². The van der Waals surface area contributed by atoms with Crippen LogP contribution in [0.4, 0.5) is 5.69 Å². The van der Waals surface area contributed by atoms with Crippen molar-refractivity contribution in [3.63, 3.8) is 0 Å². The fourth-order valence-electron chi connectivity index (χ4n) is 2.14. The van der Waals surface area contributed by atoms with Gasteiger partial charge in [0.25, 0.3) is 11.8 Å². The maximum absolute atomic E-state index is 12.3. The van der Waals surface area contributed by atoms with Gasteiger partial charge in [-0.15, -0.1) is 11.3 Å². The molecule has 0 saturated heterocycles. The van der Waals surface area contributed by atoms with E-state index in [-0.39, 0.29) is 24.4 Å². The molecule has 3 rings (SSSR count). The molecule has 0 spiro atoms. The molecule has 124 valence electrons. The molecule has 7 heteroatoms. The van der Waals surface area contributed by atoms with Gasteiger partial charge in [0, 0.05) is 6.04 Å². The van der Waals surface area contributed by atoms with Crippen LogP contribution in [0.3, 0.4) is 0 Å². The van der Waals surface area contributed by atoms with Crippen molar-refractivity contribution in [3.05, 3.63) is 52.2 Å². The molecule has 1 aromatic heterocycles. The molecule has 3 amide bonds. The minimum atomic E-state index is -0.400. The number of thiophene rings is 1. The van der Waals surface area contributed by atoms with Crippen molar-refractivity contribution in [2.75, 3.05) is 11.9 Å². The molecule has 0 radical (unpaired) electrons. The van der Waals surface area contributed by atoms with E-state index >= 15 is 0 Å². The number of hydrogen-bond donors (Lipinski definition) is 3. The van der Waals surface area contributed by atoms with Gasteiger partial charge in [-0.25, -0.2) is 0 Å². The first-order valence-corrected chi connectivity index (χ1v) is 8.53. The highest BCUT2D eigenvalue weighted by Gasteiger charge is 2.23. The van der Waals surface area contributed by atoms with Gasteiger partial charge in [0.05, 0.1) is 22.7 Å². The molecule has 1 aromatic carbocycles. The topological polar surface area (TPSA) is 87.3 Å². The summed E-state index contributed by atoms with van der Waals surface area (Å²) in [6.45, 7) is -0.0808. The molecule has 3 N–H and O–H groups in total. The zero-order chi connectivity index (χ0) is 16.9. The lowest BCUT2D eigenvalue weighted by atomic mass is 10.1. The van der Waals surface area contributed by atoms with Gasteiger partial charge in [-0.05, 0) is 36.4 Å². The van der Waals surface area contributed by atoms with Crippen molar-refractivity contribution in [2.45, 2.75) is 18.9 Å². The predicted molar refractivity (Wildman–Crippen MR) is 92.2 cm³/mol. The first kappa shape index (κ1) is 16.2. The standard InChI is InChI=1S/C17H17N3O3S/c21-15(19-11-7-8-11)10-18-16(22)12-4-1-2-5-13(12)20-17(23)14-6-3-9-24-14/h1-6,9,11H,7-8,10H2,(H,18,22)(H,19,21)(H,20,23). The summed E-state index contributed by atoms with van der Waals surface area (Å²) < 4.78 is 0. The summed E-state index contributed by atoms with van der Waals surface area (Å²) in [5, 5.41) is 9.93. The number of nitrogens with one attached hydrogen (secondary N) is 3. The van der Waals surface area contributed by atoms with E-state index < -0.39 is 5.91 Å². The first-order valence-electron chi connectivity index (χ1n) is 7.65. The summed E-state index contributed by atoms with van der Waals surface area (Å²) in [5.41, 5.74) is 0.734. The lowest BCUT2D eigenvalue weighted by molar-refractivity contribution is -0.120. The fourth-order valence-corrected chi connectivity index (χ4v) is 2.76. The normalized spacial score (nSPS) is 13.2. The quantitative estimate of drug-likeness (QED) is 0.750. The summed E-state index contributed by atoms with van der Waals surface area (Å²) in [4.78, 5) is 36.7. The summed E-state index contributed by atoms with van der Waals surface area (Å²) in [7, 11) is 0. The highest BCUT2D eigenvalue weighted by Crippen LogP contribution is 2.19. The average molecular weight is 343 g/mol. The Balaban J connectivity index is 1.63. The van der Waals surface area contributed by atoms with E-state index in [4.69, 9.17) is 0 Å². The molecular weight excluding hydrogens is 326 g/mol. The molecule has 2 aromatic rings. The van der Waals surface area contributed by atoms with E-state index in [0.717, 1.165) is 12.8 Å². The molecule has 1 fully saturated rings. The largest absolute Gasteiger partial charge is 0.352 e. The highest BCUT2D eigenvalue weighted by atomic mass is 32.1. The second-order valence-electron chi connectivity index (χ2n) is 5.50. The second-order valence-corrected chi connectivity index (χ2v) is 6.45. The van der Waals surface area contributed by atoms with E-state index in [9.17, 15) is 14.4 Å². The third-order valence-corrected chi connectivity index (χ3v) is 4.39.